The lowest BCUT2D eigenvalue weighted by molar-refractivity contribution is -0.143. The van der Waals surface area contributed by atoms with E-state index >= 15 is 0 Å². The number of amides is 1. The van der Waals surface area contributed by atoms with Gasteiger partial charge in [0.2, 0.25) is 5.91 Å². The number of nitrogens with zero attached hydrogens (tertiary/aromatic N) is 1. The molecule has 2 heterocycles. The molecule has 1 aliphatic carbocycles. The standard InChI is InChI=1S/C11H15NO2/c13-10-6-7-5-8(10)9-3-1-2-4-12(9)11(7)14/h7-9H,1-6H2/t7-,8-,9-/m0/s1. The molecular weight excluding hydrogens is 178 g/mol. The van der Waals surface area contributed by atoms with Gasteiger partial charge in [-0.05, 0) is 25.7 Å². The Balaban J connectivity index is 1.95. The van der Waals surface area contributed by atoms with Crippen molar-refractivity contribution in [1.82, 2.24) is 4.90 Å². The van der Waals surface area contributed by atoms with Gasteiger partial charge in [0.05, 0.1) is 0 Å². The second-order valence-electron chi connectivity index (χ2n) is 4.80. The Morgan fingerprint density at radius 2 is 2.07 bits per heavy atom. The Kier molecular flexibility index (Phi) is 1.70. The second-order valence-corrected chi connectivity index (χ2v) is 4.80. The molecule has 0 aromatic carbocycles. The van der Waals surface area contributed by atoms with Crippen LogP contribution in [0.3, 0.4) is 0 Å². The topological polar surface area (TPSA) is 37.4 Å². The molecule has 0 aromatic heterocycles. The third-order valence-electron chi connectivity index (χ3n) is 4.05. The van der Waals surface area contributed by atoms with E-state index in [1.165, 1.54) is 6.42 Å². The van der Waals surface area contributed by atoms with Crippen LogP contribution in [0.2, 0.25) is 0 Å². The maximum absolute atomic E-state index is 11.9. The Hall–Kier alpha value is -0.860. The van der Waals surface area contributed by atoms with E-state index in [1.807, 2.05) is 4.90 Å². The van der Waals surface area contributed by atoms with E-state index in [0.29, 0.717) is 12.2 Å². The van der Waals surface area contributed by atoms with Crippen molar-refractivity contribution in [3.05, 3.63) is 0 Å². The number of hydrogen-bond acceptors (Lipinski definition) is 2. The number of hydrogen-bond donors (Lipinski definition) is 0. The van der Waals surface area contributed by atoms with Gasteiger partial charge in [-0.25, -0.2) is 0 Å². The minimum atomic E-state index is 0.0434. The van der Waals surface area contributed by atoms with Crippen molar-refractivity contribution in [3.63, 3.8) is 0 Å². The Morgan fingerprint density at radius 1 is 1.21 bits per heavy atom. The molecule has 14 heavy (non-hydrogen) atoms. The lowest BCUT2D eigenvalue weighted by Crippen LogP contribution is -2.52. The van der Waals surface area contributed by atoms with Gasteiger partial charge in [-0.3, -0.25) is 9.59 Å². The lowest BCUT2D eigenvalue weighted by Gasteiger charge is -2.42. The fourth-order valence-corrected chi connectivity index (χ4v) is 3.36. The normalized spacial score (nSPS) is 41.4. The molecule has 3 rings (SSSR count). The summed E-state index contributed by atoms with van der Waals surface area (Å²) in [7, 11) is 0. The quantitative estimate of drug-likeness (QED) is 0.575. The molecule has 0 radical (unpaired) electrons. The van der Waals surface area contributed by atoms with Crippen LogP contribution in [0.25, 0.3) is 0 Å². The molecule has 0 N–H and O–H groups in total. The van der Waals surface area contributed by atoms with Crippen molar-refractivity contribution in [3.8, 4) is 0 Å². The summed E-state index contributed by atoms with van der Waals surface area (Å²) >= 11 is 0. The highest BCUT2D eigenvalue weighted by Crippen LogP contribution is 2.42. The smallest absolute Gasteiger partial charge is 0.226 e. The Labute approximate surface area is 83.5 Å². The molecule has 3 aliphatic rings. The molecule has 76 valence electrons. The highest BCUT2D eigenvalue weighted by Gasteiger charge is 2.50. The maximum atomic E-state index is 11.9. The SMILES string of the molecule is O=C1C[C@@H]2C[C@H]1[C@@H]1CCCCN1C2=O. The maximum Gasteiger partial charge on any atom is 0.226 e. The summed E-state index contributed by atoms with van der Waals surface area (Å²) in [6, 6.07) is 0.266. The molecule has 2 saturated heterocycles. The molecule has 3 fully saturated rings. The number of piperidine rings is 2. The van der Waals surface area contributed by atoms with Crippen LogP contribution in [0, 0.1) is 11.8 Å². The number of carbonyl (C=O) groups is 2. The fraction of sp³-hybridized carbons (Fsp3) is 0.818. The zero-order chi connectivity index (χ0) is 9.71. The first-order valence-electron chi connectivity index (χ1n) is 5.60. The van der Waals surface area contributed by atoms with E-state index in [1.54, 1.807) is 0 Å². The lowest BCUT2D eigenvalue weighted by atomic mass is 9.84. The number of fused-ring (bicyclic) bond motifs is 4. The van der Waals surface area contributed by atoms with Gasteiger partial charge in [0.25, 0.3) is 0 Å². The van der Waals surface area contributed by atoms with E-state index in [-0.39, 0.29) is 23.8 Å². The molecule has 0 aromatic rings. The summed E-state index contributed by atoms with van der Waals surface area (Å²) in [5.74, 6) is 0.842. The van der Waals surface area contributed by atoms with Crippen LogP contribution in [-0.4, -0.2) is 29.2 Å². The van der Waals surface area contributed by atoms with Crippen LogP contribution < -0.4 is 0 Å². The zero-order valence-electron chi connectivity index (χ0n) is 8.24. The first kappa shape index (κ1) is 8.45. The monoisotopic (exact) mass is 193 g/mol. The first-order chi connectivity index (χ1) is 6.77. The third kappa shape index (κ3) is 0.983. The average molecular weight is 193 g/mol. The van der Waals surface area contributed by atoms with E-state index in [9.17, 15) is 9.59 Å². The summed E-state index contributed by atoms with van der Waals surface area (Å²) in [4.78, 5) is 25.6. The van der Waals surface area contributed by atoms with Gasteiger partial charge >= 0.3 is 0 Å². The van der Waals surface area contributed by atoms with Gasteiger partial charge in [-0.1, -0.05) is 0 Å². The number of Topliss-reactive ketones (excluding diaryl/α,β-unsaturated/α-hetero) is 1. The number of carbonyl (C=O) groups excluding carboxylic acids is 2. The molecule has 3 nitrogen and oxygen atoms in total. The van der Waals surface area contributed by atoms with Crippen molar-refractivity contribution in [2.75, 3.05) is 6.54 Å². The van der Waals surface area contributed by atoms with Crippen molar-refractivity contribution in [2.45, 2.75) is 38.1 Å². The van der Waals surface area contributed by atoms with Crippen LogP contribution >= 0.6 is 0 Å². The molecule has 2 aliphatic heterocycles. The van der Waals surface area contributed by atoms with E-state index < -0.39 is 0 Å². The molecule has 3 heteroatoms. The highest BCUT2D eigenvalue weighted by molar-refractivity contribution is 5.95. The van der Waals surface area contributed by atoms with Crippen LogP contribution in [0.1, 0.15) is 32.1 Å². The van der Waals surface area contributed by atoms with E-state index in [4.69, 9.17) is 0 Å². The summed E-state index contributed by atoms with van der Waals surface area (Å²) in [5, 5.41) is 0. The zero-order valence-corrected chi connectivity index (χ0v) is 8.24. The Morgan fingerprint density at radius 3 is 2.93 bits per heavy atom. The predicted octanol–water partition coefficient (Wildman–Crippen LogP) is 0.976. The van der Waals surface area contributed by atoms with Gasteiger partial charge in [-0.15, -0.1) is 0 Å². The number of ketones is 1. The fourth-order valence-electron chi connectivity index (χ4n) is 3.36. The molecular formula is C11H15NO2. The van der Waals surface area contributed by atoms with Crippen LogP contribution in [0.4, 0.5) is 0 Å². The highest BCUT2D eigenvalue weighted by atomic mass is 16.2. The summed E-state index contributed by atoms with van der Waals surface area (Å²) in [6.07, 6.45) is 4.73. The predicted molar refractivity (Wildman–Crippen MR) is 50.6 cm³/mol. The van der Waals surface area contributed by atoms with Crippen molar-refractivity contribution >= 4 is 11.7 Å². The van der Waals surface area contributed by atoms with Gasteiger partial charge in [0.1, 0.15) is 5.78 Å². The van der Waals surface area contributed by atoms with Crippen LogP contribution in [0.5, 0.6) is 0 Å². The van der Waals surface area contributed by atoms with Gasteiger partial charge in [0.15, 0.2) is 0 Å². The third-order valence-corrected chi connectivity index (χ3v) is 4.05. The minimum Gasteiger partial charge on any atom is -0.339 e. The molecule has 1 amide bonds. The largest absolute Gasteiger partial charge is 0.339 e. The van der Waals surface area contributed by atoms with Gasteiger partial charge < -0.3 is 4.90 Å². The molecule has 0 unspecified atom stereocenters. The molecule has 0 spiro atoms. The van der Waals surface area contributed by atoms with E-state index in [0.717, 1.165) is 25.8 Å². The molecule has 1 saturated carbocycles. The van der Waals surface area contributed by atoms with E-state index in [2.05, 4.69) is 0 Å². The minimum absolute atomic E-state index is 0.0434. The summed E-state index contributed by atoms with van der Waals surface area (Å²) in [6.45, 7) is 0.893. The van der Waals surface area contributed by atoms with Crippen molar-refractivity contribution in [1.29, 1.82) is 0 Å². The second kappa shape index (κ2) is 2.81. The van der Waals surface area contributed by atoms with Crippen molar-refractivity contribution < 1.29 is 9.59 Å². The summed E-state index contributed by atoms with van der Waals surface area (Å²) in [5.41, 5.74) is 0. The number of rotatable bonds is 0. The summed E-state index contributed by atoms with van der Waals surface area (Å²) < 4.78 is 0. The van der Waals surface area contributed by atoms with Gasteiger partial charge in [-0.2, -0.15) is 0 Å². The molecule has 2 bridgehead atoms. The van der Waals surface area contributed by atoms with Crippen molar-refractivity contribution in [2.24, 2.45) is 11.8 Å². The molecule has 3 atom stereocenters. The van der Waals surface area contributed by atoms with Crippen LogP contribution in [-0.2, 0) is 9.59 Å². The first-order valence-corrected chi connectivity index (χ1v) is 5.60. The van der Waals surface area contributed by atoms with Gasteiger partial charge in [0, 0.05) is 30.8 Å². The Bertz CT molecular complexity index is 300. The van der Waals surface area contributed by atoms with Crippen LogP contribution in [0.15, 0.2) is 0 Å². The average Bonchev–Trinajstić information content (AvgIpc) is 2.55.